The van der Waals surface area contributed by atoms with Gasteiger partial charge in [-0.05, 0) is 13.0 Å². The maximum atomic E-state index is 10.5. The quantitative estimate of drug-likeness (QED) is 0.479. The number of sulfone groups is 1. The number of hydrogen-bond acceptors (Lipinski definition) is 3. The molecule has 0 atom stereocenters. The van der Waals surface area contributed by atoms with Crippen LogP contribution in [0.15, 0.2) is 0 Å². The van der Waals surface area contributed by atoms with Gasteiger partial charge in [0.05, 0.1) is 5.75 Å². The second-order valence-electron chi connectivity index (χ2n) is 1.70. The van der Waals surface area contributed by atoms with Gasteiger partial charge in [0.15, 0.2) is 15.7 Å². The minimum atomic E-state index is -2.94. The summed E-state index contributed by atoms with van der Waals surface area (Å²) in [5.41, 5.74) is 0. The predicted octanol–water partition coefficient (Wildman–Crippen LogP) is -0.609. The van der Waals surface area contributed by atoms with E-state index in [0.29, 0.717) is 6.42 Å². The van der Waals surface area contributed by atoms with Gasteiger partial charge in [0.25, 0.3) is 0 Å². The summed E-state index contributed by atoms with van der Waals surface area (Å²) in [7, 11) is -2.94. The monoisotopic (exact) mass is 133 g/mol. The van der Waals surface area contributed by atoms with E-state index >= 15 is 0 Å². The largest absolute Gasteiger partial charge is 0.293 e. The maximum absolute atomic E-state index is 10.5. The van der Waals surface area contributed by atoms with Gasteiger partial charge in [0, 0.05) is 0 Å². The van der Waals surface area contributed by atoms with Crippen molar-refractivity contribution < 1.29 is 8.42 Å². The van der Waals surface area contributed by atoms with Gasteiger partial charge in [-0.2, -0.15) is 0 Å². The Kier molecular flexibility index (Phi) is 1.53. The molecule has 1 heterocycles. The third kappa shape index (κ3) is 1.45. The lowest BCUT2D eigenvalue weighted by atomic mass is 10.5. The molecule has 0 bridgehead atoms. The zero-order valence-corrected chi connectivity index (χ0v) is 5.16. The third-order valence-electron chi connectivity index (χ3n) is 0.943. The molecule has 1 aliphatic heterocycles. The summed E-state index contributed by atoms with van der Waals surface area (Å²) in [6.07, 6.45) is 0.704. The first-order chi connectivity index (χ1) is 3.71. The van der Waals surface area contributed by atoms with Crippen LogP contribution in [-0.4, -0.2) is 20.7 Å². The Labute approximate surface area is 49.0 Å². The van der Waals surface area contributed by atoms with Crippen LogP contribution in [0.25, 0.3) is 0 Å². The normalized spacial score (nSPS) is 27.5. The van der Waals surface area contributed by atoms with Crippen molar-refractivity contribution in [3.63, 3.8) is 0 Å². The van der Waals surface area contributed by atoms with Gasteiger partial charge < -0.3 is 0 Å². The number of hydrogen-bond donors (Lipinski definition) is 1. The molecule has 1 rings (SSSR count). The Balaban J connectivity index is 2.58. The molecular weight excluding hydrogens is 126 g/mol. The maximum Gasteiger partial charge on any atom is 0.193 e. The lowest BCUT2D eigenvalue weighted by Gasteiger charge is -2.08. The van der Waals surface area contributed by atoms with E-state index in [9.17, 15) is 8.42 Å². The van der Waals surface area contributed by atoms with Crippen LogP contribution in [-0.2, 0) is 9.84 Å². The highest BCUT2D eigenvalue weighted by Crippen LogP contribution is 2.00. The Morgan fingerprint density at radius 2 is 2.25 bits per heavy atom. The summed E-state index contributed by atoms with van der Waals surface area (Å²) >= 11 is 0. The van der Waals surface area contributed by atoms with E-state index in [4.69, 9.17) is 0 Å². The molecule has 0 saturated carbocycles. The van der Waals surface area contributed by atoms with Crippen LogP contribution in [0.2, 0.25) is 0 Å². The predicted molar refractivity (Wildman–Crippen MR) is 29.6 cm³/mol. The van der Waals surface area contributed by atoms with Crippen LogP contribution in [0.1, 0.15) is 6.42 Å². The minimum absolute atomic E-state index is 0.250. The number of nitrogens with one attached hydrogen (secondary N) is 1. The fourth-order valence-electron chi connectivity index (χ4n) is 0.563. The van der Waals surface area contributed by atoms with Gasteiger partial charge in [0.2, 0.25) is 0 Å². The van der Waals surface area contributed by atoms with Crippen molar-refractivity contribution in [2.45, 2.75) is 6.42 Å². The van der Waals surface area contributed by atoms with E-state index in [-0.39, 0.29) is 5.75 Å². The Hall–Kier alpha value is -0.0900. The van der Waals surface area contributed by atoms with Crippen molar-refractivity contribution in [2.24, 2.45) is 0 Å². The fraction of sp³-hybridized carbons (Fsp3) is 0.750. The molecule has 1 fully saturated rings. The molecule has 1 saturated heterocycles. The van der Waals surface area contributed by atoms with E-state index < -0.39 is 9.84 Å². The second-order valence-corrected chi connectivity index (χ2v) is 3.54. The fourth-order valence-corrected chi connectivity index (χ4v) is 1.51. The van der Waals surface area contributed by atoms with Crippen LogP contribution < -0.4 is 5.32 Å². The molecule has 4 heteroatoms. The highest BCUT2D eigenvalue weighted by atomic mass is 32.2. The van der Waals surface area contributed by atoms with Crippen LogP contribution in [0.5, 0.6) is 0 Å². The van der Waals surface area contributed by atoms with Crippen molar-refractivity contribution in [3.05, 3.63) is 5.88 Å². The van der Waals surface area contributed by atoms with Crippen LogP contribution in [0.3, 0.4) is 0 Å². The van der Waals surface area contributed by atoms with Crippen molar-refractivity contribution >= 4 is 9.84 Å². The molecule has 3 nitrogen and oxygen atoms in total. The van der Waals surface area contributed by atoms with Crippen molar-refractivity contribution in [2.75, 3.05) is 12.3 Å². The molecule has 0 spiro atoms. The summed E-state index contributed by atoms with van der Waals surface area (Å²) in [5.74, 6) is 2.43. The van der Waals surface area contributed by atoms with E-state index in [0.717, 1.165) is 6.54 Å². The molecule has 1 N–H and O–H groups in total. The lowest BCUT2D eigenvalue weighted by Crippen LogP contribution is -2.27. The molecule has 8 heavy (non-hydrogen) atoms. The summed E-state index contributed by atoms with van der Waals surface area (Å²) in [4.78, 5) is 0. The highest BCUT2D eigenvalue weighted by Gasteiger charge is 2.15. The van der Waals surface area contributed by atoms with Crippen LogP contribution >= 0.6 is 0 Å². The zero-order chi connectivity index (χ0) is 6.04. The average Bonchev–Trinajstić information content (AvgIpc) is 1.65. The molecule has 0 aromatic rings. The van der Waals surface area contributed by atoms with E-state index in [2.05, 4.69) is 11.2 Å². The van der Waals surface area contributed by atoms with Crippen molar-refractivity contribution in [1.29, 1.82) is 0 Å². The van der Waals surface area contributed by atoms with Crippen LogP contribution in [0, 0.1) is 5.88 Å². The molecule has 0 aromatic heterocycles. The highest BCUT2D eigenvalue weighted by molar-refractivity contribution is 7.93. The first-order valence-electron chi connectivity index (χ1n) is 2.43. The molecule has 0 aliphatic carbocycles. The third-order valence-corrected chi connectivity index (χ3v) is 2.22. The van der Waals surface area contributed by atoms with Gasteiger partial charge in [-0.3, -0.25) is 5.32 Å². The summed E-state index contributed by atoms with van der Waals surface area (Å²) in [5, 5.41) is 2.54. The van der Waals surface area contributed by atoms with Gasteiger partial charge in [-0.1, -0.05) is 0 Å². The summed E-state index contributed by atoms with van der Waals surface area (Å²) < 4.78 is 21.0. The first-order valence-corrected chi connectivity index (χ1v) is 4.08. The zero-order valence-electron chi connectivity index (χ0n) is 4.35. The summed E-state index contributed by atoms with van der Waals surface area (Å²) in [6, 6.07) is 0. The molecule has 0 aromatic carbocycles. The van der Waals surface area contributed by atoms with Gasteiger partial charge >= 0.3 is 0 Å². The summed E-state index contributed by atoms with van der Waals surface area (Å²) in [6.45, 7) is 0.735. The smallest absolute Gasteiger partial charge is 0.193 e. The standard InChI is InChI=1S/C4H7NO2S/c6-8(7)3-1-2-5-4-8/h5H,1-3H2. The first kappa shape index (κ1) is 6.04. The molecular formula is C4H7NO2S. The Morgan fingerprint density at radius 3 is 2.50 bits per heavy atom. The Morgan fingerprint density at radius 1 is 1.50 bits per heavy atom. The van der Waals surface area contributed by atoms with Gasteiger partial charge in [0.1, 0.15) is 0 Å². The Bertz CT molecular complexity index is 149. The minimum Gasteiger partial charge on any atom is -0.293 e. The SMILES string of the molecule is O=S1(=O)[C]NCCC1. The molecule has 46 valence electrons. The average molecular weight is 133 g/mol. The van der Waals surface area contributed by atoms with E-state index in [1.54, 1.807) is 0 Å². The van der Waals surface area contributed by atoms with E-state index in [1.165, 1.54) is 0 Å². The van der Waals surface area contributed by atoms with E-state index in [1.807, 2.05) is 0 Å². The van der Waals surface area contributed by atoms with Crippen molar-refractivity contribution in [1.82, 2.24) is 5.32 Å². The number of rotatable bonds is 0. The topological polar surface area (TPSA) is 46.2 Å². The molecule has 1 aliphatic rings. The molecule has 0 amide bonds. The second kappa shape index (κ2) is 2.03. The van der Waals surface area contributed by atoms with Crippen molar-refractivity contribution in [3.8, 4) is 0 Å². The lowest BCUT2D eigenvalue weighted by molar-refractivity contribution is 0.583. The molecule has 0 unspecified atom stereocenters. The van der Waals surface area contributed by atoms with Gasteiger partial charge in [-0.25, -0.2) is 8.42 Å². The molecule has 2 radical (unpaired) electrons. The van der Waals surface area contributed by atoms with Gasteiger partial charge in [-0.15, -0.1) is 0 Å². The van der Waals surface area contributed by atoms with Crippen LogP contribution in [0.4, 0.5) is 0 Å².